The van der Waals surface area contributed by atoms with Crippen LogP contribution in [0.25, 0.3) is 0 Å². The lowest BCUT2D eigenvalue weighted by molar-refractivity contribution is -0.00830. The van der Waals surface area contributed by atoms with E-state index in [-0.39, 0.29) is 5.54 Å². The molecular weight excluding hydrogens is 288 g/mol. The molecule has 2 aliphatic rings. The molecule has 0 bridgehead atoms. The van der Waals surface area contributed by atoms with E-state index in [2.05, 4.69) is 58.2 Å². The number of ether oxygens (including phenoxy) is 1. The summed E-state index contributed by atoms with van der Waals surface area (Å²) in [5.41, 5.74) is 2.77. The lowest BCUT2D eigenvalue weighted by Gasteiger charge is -2.41. The summed E-state index contributed by atoms with van der Waals surface area (Å²) < 4.78 is 5.47. The standard InChI is InChI=1S/C18H28N4O/c1-18(2,21-10-12-23-13-11-21)14-20-17(19-3)22-9-8-15-6-4-5-7-16(15)22/h4-7H,8-14H2,1-3H3,(H,19,20). The molecule has 0 spiro atoms. The van der Waals surface area contributed by atoms with Crippen molar-refractivity contribution in [2.75, 3.05) is 51.3 Å². The van der Waals surface area contributed by atoms with Crippen molar-refractivity contribution in [2.45, 2.75) is 25.8 Å². The van der Waals surface area contributed by atoms with Gasteiger partial charge in [0.2, 0.25) is 0 Å². The third-order valence-electron chi connectivity index (χ3n) is 4.90. The van der Waals surface area contributed by atoms with Crippen LogP contribution in [0.2, 0.25) is 0 Å². The Morgan fingerprint density at radius 3 is 2.70 bits per heavy atom. The van der Waals surface area contributed by atoms with Gasteiger partial charge in [-0.25, -0.2) is 0 Å². The Hall–Kier alpha value is -1.59. The van der Waals surface area contributed by atoms with Crippen LogP contribution >= 0.6 is 0 Å². The van der Waals surface area contributed by atoms with E-state index in [1.165, 1.54) is 11.3 Å². The Kier molecular flexibility index (Phi) is 4.87. The fourth-order valence-electron chi connectivity index (χ4n) is 3.43. The van der Waals surface area contributed by atoms with Gasteiger partial charge in [-0.1, -0.05) is 18.2 Å². The van der Waals surface area contributed by atoms with Gasteiger partial charge in [-0.3, -0.25) is 9.89 Å². The minimum Gasteiger partial charge on any atom is -0.379 e. The van der Waals surface area contributed by atoms with Gasteiger partial charge in [-0.05, 0) is 31.9 Å². The zero-order chi connectivity index (χ0) is 16.3. The molecule has 1 fully saturated rings. The number of hydrogen-bond acceptors (Lipinski definition) is 3. The Bertz CT molecular complexity index is 564. The maximum absolute atomic E-state index is 5.47. The quantitative estimate of drug-likeness (QED) is 0.681. The summed E-state index contributed by atoms with van der Waals surface area (Å²) in [5, 5.41) is 3.58. The van der Waals surface area contributed by atoms with Gasteiger partial charge >= 0.3 is 0 Å². The van der Waals surface area contributed by atoms with Gasteiger partial charge in [0.15, 0.2) is 5.96 Å². The first-order valence-electron chi connectivity index (χ1n) is 8.51. The van der Waals surface area contributed by atoms with E-state index in [1.807, 2.05) is 7.05 Å². The van der Waals surface area contributed by atoms with Crippen LogP contribution in [0.3, 0.4) is 0 Å². The van der Waals surface area contributed by atoms with Crippen molar-refractivity contribution in [1.29, 1.82) is 0 Å². The molecule has 5 nitrogen and oxygen atoms in total. The second-order valence-electron chi connectivity index (χ2n) is 6.84. The number of morpholine rings is 1. The van der Waals surface area contributed by atoms with Crippen LogP contribution in [0.1, 0.15) is 19.4 Å². The number of anilines is 1. The van der Waals surface area contributed by atoms with Crippen LogP contribution in [0.4, 0.5) is 5.69 Å². The zero-order valence-electron chi connectivity index (χ0n) is 14.5. The smallest absolute Gasteiger partial charge is 0.198 e. The van der Waals surface area contributed by atoms with Crippen LogP contribution < -0.4 is 10.2 Å². The summed E-state index contributed by atoms with van der Waals surface area (Å²) in [5.74, 6) is 0.969. The van der Waals surface area contributed by atoms with E-state index < -0.39 is 0 Å². The highest BCUT2D eigenvalue weighted by molar-refractivity contribution is 5.97. The second-order valence-corrected chi connectivity index (χ2v) is 6.84. The Morgan fingerprint density at radius 2 is 1.96 bits per heavy atom. The number of aliphatic imine (C=N–C) groups is 1. The summed E-state index contributed by atoms with van der Waals surface area (Å²) in [7, 11) is 1.87. The van der Waals surface area contributed by atoms with Crippen LogP contribution in [0.5, 0.6) is 0 Å². The van der Waals surface area contributed by atoms with Crippen molar-refractivity contribution in [3.8, 4) is 0 Å². The third kappa shape index (κ3) is 3.51. The molecule has 23 heavy (non-hydrogen) atoms. The average molecular weight is 316 g/mol. The molecule has 0 unspecified atom stereocenters. The summed E-state index contributed by atoms with van der Waals surface area (Å²) >= 11 is 0. The van der Waals surface area contributed by atoms with Crippen molar-refractivity contribution in [2.24, 2.45) is 4.99 Å². The molecule has 0 saturated carbocycles. The van der Waals surface area contributed by atoms with Gasteiger partial charge in [0, 0.05) is 44.5 Å². The first-order chi connectivity index (χ1) is 11.1. The van der Waals surface area contributed by atoms with Crippen molar-refractivity contribution in [3.63, 3.8) is 0 Å². The van der Waals surface area contributed by atoms with Gasteiger partial charge in [-0.2, -0.15) is 0 Å². The lowest BCUT2D eigenvalue weighted by atomic mass is 10.0. The van der Waals surface area contributed by atoms with Crippen molar-refractivity contribution < 1.29 is 4.74 Å². The lowest BCUT2D eigenvalue weighted by Crippen LogP contribution is -2.56. The average Bonchev–Trinajstić information content (AvgIpc) is 3.00. The third-order valence-corrected chi connectivity index (χ3v) is 4.90. The van der Waals surface area contributed by atoms with Crippen molar-refractivity contribution in [1.82, 2.24) is 10.2 Å². The van der Waals surface area contributed by atoms with Gasteiger partial charge in [-0.15, -0.1) is 0 Å². The molecule has 2 aliphatic heterocycles. The predicted molar refractivity (Wildman–Crippen MR) is 95.3 cm³/mol. The zero-order valence-corrected chi connectivity index (χ0v) is 14.5. The molecule has 1 N–H and O–H groups in total. The van der Waals surface area contributed by atoms with E-state index >= 15 is 0 Å². The van der Waals surface area contributed by atoms with E-state index in [9.17, 15) is 0 Å². The van der Waals surface area contributed by atoms with E-state index in [4.69, 9.17) is 4.74 Å². The number of nitrogens with zero attached hydrogens (tertiary/aromatic N) is 3. The van der Waals surface area contributed by atoms with Crippen LogP contribution in [-0.2, 0) is 11.2 Å². The van der Waals surface area contributed by atoms with Gasteiger partial charge in [0.25, 0.3) is 0 Å². The largest absolute Gasteiger partial charge is 0.379 e. The number of fused-ring (bicyclic) bond motifs is 1. The van der Waals surface area contributed by atoms with Crippen LogP contribution in [-0.4, -0.2) is 62.8 Å². The number of para-hydroxylation sites is 1. The second kappa shape index (κ2) is 6.89. The number of guanidine groups is 1. The topological polar surface area (TPSA) is 40.1 Å². The SMILES string of the molecule is CN=C(NCC(C)(C)N1CCOCC1)N1CCc2ccccc21. The number of rotatable bonds is 3. The Labute approximate surface area is 139 Å². The van der Waals surface area contributed by atoms with Crippen molar-refractivity contribution in [3.05, 3.63) is 29.8 Å². The highest BCUT2D eigenvalue weighted by atomic mass is 16.5. The molecule has 1 aromatic rings. The van der Waals surface area contributed by atoms with E-state index in [1.54, 1.807) is 0 Å². The van der Waals surface area contributed by atoms with Gasteiger partial charge < -0.3 is 15.0 Å². The molecule has 2 heterocycles. The highest BCUT2D eigenvalue weighted by Crippen LogP contribution is 2.27. The monoisotopic (exact) mass is 316 g/mol. The van der Waals surface area contributed by atoms with E-state index in [0.29, 0.717) is 0 Å². The molecule has 0 amide bonds. The Balaban J connectivity index is 1.64. The maximum Gasteiger partial charge on any atom is 0.198 e. The Morgan fingerprint density at radius 1 is 1.22 bits per heavy atom. The van der Waals surface area contributed by atoms with Crippen LogP contribution in [0.15, 0.2) is 29.3 Å². The number of nitrogens with one attached hydrogen (secondary N) is 1. The molecule has 5 heteroatoms. The molecule has 0 aromatic heterocycles. The minimum atomic E-state index is 0.0823. The first kappa shape index (κ1) is 16.3. The highest BCUT2D eigenvalue weighted by Gasteiger charge is 2.30. The molecular formula is C18H28N4O. The fourth-order valence-corrected chi connectivity index (χ4v) is 3.43. The summed E-state index contributed by atoms with van der Waals surface area (Å²) in [6.45, 7) is 10.1. The molecule has 0 aliphatic carbocycles. The number of hydrogen-bond donors (Lipinski definition) is 1. The summed E-state index contributed by atoms with van der Waals surface area (Å²) in [6.07, 6.45) is 1.09. The molecule has 126 valence electrons. The van der Waals surface area contributed by atoms with Crippen LogP contribution in [0, 0.1) is 0 Å². The molecule has 1 saturated heterocycles. The van der Waals surface area contributed by atoms with Gasteiger partial charge in [0.05, 0.1) is 13.2 Å². The van der Waals surface area contributed by atoms with Gasteiger partial charge in [0.1, 0.15) is 0 Å². The summed E-state index contributed by atoms with van der Waals surface area (Å²) in [6, 6.07) is 8.60. The maximum atomic E-state index is 5.47. The fraction of sp³-hybridized carbons (Fsp3) is 0.611. The van der Waals surface area contributed by atoms with E-state index in [0.717, 1.165) is 51.8 Å². The summed E-state index contributed by atoms with van der Waals surface area (Å²) in [4.78, 5) is 9.30. The molecule has 3 rings (SSSR count). The predicted octanol–water partition coefficient (Wildman–Crippen LogP) is 1.74. The normalized spacial score (nSPS) is 19.8. The number of benzene rings is 1. The first-order valence-corrected chi connectivity index (χ1v) is 8.51. The molecule has 1 aromatic carbocycles. The molecule has 0 radical (unpaired) electrons. The minimum absolute atomic E-state index is 0.0823. The molecule has 0 atom stereocenters. The van der Waals surface area contributed by atoms with Crippen molar-refractivity contribution >= 4 is 11.6 Å².